The van der Waals surface area contributed by atoms with Crippen LogP contribution in [0.4, 0.5) is 0 Å². The number of nitrogens with one attached hydrogen (secondary N) is 1. The highest BCUT2D eigenvalue weighted by atomic mass is 16.5. The number of hydrogen-bond donors (Lipinski definition) is 1. The first-order valence-electron chi connectivity index (χ1n) is 7.99. The maximum atomic E-state index is 11.7. The summed E-state index contributed by atoms with van der Waals surface area (Å²) >= 11 is 0. The SMILES string of the molecule is COc1ccc(CNC(=O)COC(=O)C=Cc2cccc(OC)c2)cc1. The first-order chi connectivity index (χ1) is 12.6. The van der Waals surface area contributed by atoms with Gasteiger partial charge in [-0.2, -0.15) is 0 Å². The van der Waals surface area contributed by atoms with Gasteiger partial charge in [0.1, 0.15) is 11.5 Å². The standard InChI is InChI=1S/C20H21NO5/c1-24-17-9-6-16(7-10-17)13-21-19(22)14-26-20(23)11-8-15-4-3-5-18(12-15)25-2/h3-12H,13-14H2,1-2H3,(H,21,22). The van der Waals surface area contributed by atoms with Crippen LogP contribution in [0.2, 0.25) is 0 Å². The molecule has 0 saturated carbocycles. The van der Waals surface area contributed by atoms with E-state index in [0.29, 0.717) is 12.3 Å². The topological polar surface area (TPSA) is 73.9 Å². The molecule has 0 atom stereocenters. The lowest BCUT2D eigenvalue weighted by atomic mass is 10.2. The third-order valence-corrected chi connectivity index (χ3v) is 3.50. The Hall–Kier alpha value is -3.28. The van der Waals surface area contributed by atoms with E-state index in [1.807, 2.05) is 42.5 Å². The average Bonchev–Trinajstić information content (AvgIpc) is 2.69. The summed E-state index contributed by atoms with van der Waals surface area (Å²) < 4.78 is 15.1. The first-order valence-corrected chi connectivity index (χ1v) is 7.99. The van der Waals surface area contributed by atoms with Crippen molar-refractivity contribution in [2.45, 2.75) is 6.54 Å². The summed E-state index contributed by atoms with van der Waals surface area (Å²) in [6, 6.07) is 14.6. The number of benzene rings is 2. The average molecular weight is 355 g/mol. The summed E-state index contributed by atoms with van der Waals surface area (Å²) in [5.41, 5.74) is 1.72. The van der Waals surface area contributed by atoms with E-state index in [1.54, 1.807) is 26.4 Å². The minimum atomic E-state index is -0.590. The summed E-state index contributed by atoms with van der Waals surface area (Å²) in [5, 5.41) is 2.68. The summed E-state index contributed by atoms with van der Waals surface area (Å²) in [5.74, 6) is 0.478. The third-order valence-electron chi connectivity index (χ3n) is 3.50. The molecule has 2 aromatic rings. The van der Waals surface area contributed by atoms with Gasteiger partial charge in [0.05, 0.1) is 14.2 Å². The molecule has 0 saturated heterocycles. The van der Waals surface area contributed by atoms with Crippen molar-refractivity contribution in [3.63, 3.8) is 0 Å². The zero-order chi connectivity index (χ0) is 18.8. The second-order valence-electron chi connectivity index (χ2n) is 5.34. The monoisotopic (exact) mass is 355 g/mol. The van der Waals surface area contributed by atoms with Crippen LogP contribution in [-0.4, -0.2) is 32.7 Å². The van der Waals surface area contributed by atoms with Crippen LogP contribution in [-0.2, 0) is 20.9 Å². The third kappa shape index (κ3) is 6.32. The lowest BCUT2D eigenvalue weighted by Gasteiger charge is -2.06. The van der Waals surface area contributed by atoms with Crippen molar-refractivity contribution in [3.8, 4) is 11.5 Å². The van der Waals surface area contributed by atoms with Gasteiger partial charge in [-0.1, -0.05) is 24.3 Å². The van der Waals surface area contributed by atoms with Crippen molar-refractivity contribution < 1.29 is 23.8 Å². The minimum absolute atomic E-state index is 0.336. The number of amides is 1. The van der Waals surface area contributed by atoms with Gasteiger partial charge in [-0.15, -0.1) is 0 Å². The van der Waals surface area contributed by atoms with E-state index in [0.717, 1.165) is 16.9 Å². The van der Waals surface area contributed by atoms with Crippen molar-refractivity contribution >= 4 is 18.0 Å². The Kier molecular flexibility index (Phi) is 7.24. The maximum Gasteiger partial charge on any atom is 0.331 e. The molecule has 1 amide bonds. The predicted octanol–water partition coefficient (Wildman–Crippen LogP) is 2.58. The summed E-state index contributed by atoms with van der Waals surface area (Å²) in [7, 11) is 3.16. The second kappa shape index (κ2) is 9.88. The molecule has 2 aromatic carbocycles. The minimum Gasteiger partial charge on any atom is -0.497 e. The molecule has 136 valence electrons. The summed E-state index contributed by atoms with van der Waals surface area (Å²) in [4.78, 5) is 23.4. The number of hydrogen-bond acceptors (Lipinski definition) is 5. The van der Waals surface area contributed by atoms with Crippen molar-refractivity contribution in [1.82, 2.24) is 5.32 Å². The van der Waals surface area contributed by atoms with E-state index in [2.05, 4.69) is 5.32 Å². The molecule has 0 aromatic heterocycles. The molecule has 0 aliphatic rings. The van der Waals surface area contributed by atoms with Crippen LogP contribution >= 0.6 is 0 Å². The lowest BCUT2D eigenvalue weighted by molar-refractivity contribution is -0.143. The molecule has 0 aliphatic carbocycles. The van der Waals surface area contributed by atoms with Crippen LogP contribution in [0.25, 0.3) is 6.08 Å². The Bertz CT molecular complexity index is 768. The van der Waals surface area contributed by atoms with E-state index in [4.69, 9.17) is 14.2 Å². The molecule has 0 spiro atoms. The maximum absolute atomic E-state index is 11.7. The van der Waals surface area contributed by atoms with Crippen LogP contribution < -0.4 is 14.8 Å². The molecule has 2 rings (SSSR count). The smallest absolute Gasteiger partial charge is 0.331 e. The molecule has 0 unspecified atom stereocenters. The number of carbonyl (C=O) groups excluding carboxylic acids is 2. The highest BCUT2D eigenvalue weighted by molar-refractivity contribution is 5.89. The lowest BCUT2D eigenvalue weighted by Crippen LogP contribution is -2.28. The predicted molar refractivity (Wildman–Crippen MR) is 97.8 cm³/mol. The highest BCUT2D eigenvalue weighted by Crippen LogP contribution is 2.13. The van der Waals surface area contributed by atoms with Gasteiger partial charge in [-0.05, 0) is 41.5 Å². The molecule has 6 heteroatoms. The van der Waals surface area contributed by atoms with Gasteiger partial charge < -0.3 is 19.5 Å². The molecule has 6 nitrogen and oxygen atoms in total. The van der Waals surface area contributed by atoms with E-state index < -0.39 is 5.97 Å². The normalized spacial score (nSPS) is 10.4. The second-order valence-corrected chi connectivity index (χ2v) is 5.34. The van der Waals surface area contributed by atoms with Gasteiger partial charge in [-0.25, -0.2) is 4.79 Å². The Morgan fingerprint density at radius 3 is 2.42 bits per heavy atom. The van der Waals surface area contributed by atoms with Crippen LogP contribution in [0, 0.1) is 0 Å². The van der Waals surface area contributed by atoms with E-state index in [1.165, 1.54) is 6.08 Å². The van der Waals surface area contributed by atoms with Gasteiger partial charge in [0.25, 0.3) is 5.91 Å². The summed E-state index contributed by atoms with van der Waals surface area (Å²) in [6.07, 6.45) is 2.87. The number of esters is 1. The Balaban J connectivity index is 1.73. The molecular formula is C20H21NO5. The largest absolute Gasteiger partial charge is 0.497 e. The van der Waals surface area contributed by atoms with Crippen molar-refractivity contribution in [1.29, 1.82) is 0 Å². The molecule has 0 radical (unpaired) electrons. The fraction of sp³-hybridized carbons (Fsp3) is 0.200. The fourth-order valence-electron chi connectivity index (χ4n) is 2.09. The zero-order valence-corrected chi connectivity index (χ0v) is 14.7. The molecule has 1 N–H and O–H groups in total. The van der Waals surface area contributed by atoms with Gasteiger partial charge in [0.2, 0.25) is 0 Å². The molecular weight excluding hydrogens is 334 g/mol. The van der Waals surface area contributed by atoms with Crippen LogP contribution in [0.5, 0.6) is 11.5 Å². The molecule has 0 bridgehead atoms. The van der Waals surface area contributed by atoms with Gasteiger partial charge in [0, 0.05) is 12.6 Å². The summed E-state index contributed by atoms with van der Waals surface area (Å²) in [6.45, 7) is 0.0114. The molecule has 0 fully saturated rings. The number of ether oxygens (including phenoxy) is 3. The van der Waals surface area contributed by atoms with Crippen molar-refractivity contribution in [2.24, 2.45) is 0 Å². The van der Waals surface area contributed by atoms with Crippen LogP contribution in [0.1, 0.15) is 11.1 Å². The zero-order valence-electron chi connectivity index (χ0n) is 14.7. The Labute approximate surface area is 152 Å². The van der Waals surface area contributed by atoms with Gasteiger partial charge in [-0.3, -0.25) is 4.79 Å². The molecule has 0 aliphatic heterocycles. The van der Waals surface area contributed by atoms with Crippen molar-refractivity contribution in [3.05, 3.63) is 65.7 Å². The number of carbonyl (C=O) groups is 2. The first kappa shape index (κ1) is 19.1. The van der Waals surface area contributed by atoms with Crippen molar-refractivity contribution in [2.75, 3.05) is 20.8 Å². The number of methoxy groups -OCH3 is 2. The van der Waals surface area contributed by atoms with E-state index >= 15 is 0 Å². The quantitative estimate of drug-likeness (QED) is 0.582. The van der Waals surface area contributed by atoms with Crippen LogP contribution in [0.15, 0.2) is 54.6 Å². The van der Waals surface area contributed by atoms with Gasteiger partial charge in [0.15, 0.2) is 6.61 Å². The highest BCUT2D eigenvalue weighted by Gasteiger charge is 2.05. The van der Waals surface area contributed by atoms with E-state index in [9.17, 15) is 9.59 Å². The van der Waals surface area contributed by atoms with Crippen LogP contribution in [0.3, 0.4) is 0 Å². The fourth-order valence-corrected chi connectivity index (χ4v) is 2.09. The molecule has 26 heavy (non-hydrogen) atoms. The molecule has 0 heterocycles. The Morgan fingerprint density at radius 2 is 1.73 bits per heavy atom. The van der Waals surface area contributed by atoms with Gasteiger partial charge >= 0.3 is 5.97 Å². The Morgan fingerprint density at radius 1 is 1.00 bits per heavy atom. The van der Waals surface area contributed by atoms with E-state index in [-0.39, 0.29) is 12.5 Å². The number of rotatable bonds is 8.